The molecule has 3 aromatic carbocycles. The molecule has 0 aliphatic heterocycles. The van der Waals surface area contributed by atoms with Gasteiger partial charge < -0.3 is 5.11 Å². The smallest absolute Gasteiger partial charge is 0.188 e. The van der Waals surface area contributed by atoms with Gasteiger partial charge in [0.2, 0.25) is 0 Å². The number of benzene rings is 3. The summed E-state index contributed by atoms with van der Waals surface area (Å²) in [5.74, 6) is 0. The van der Waals surface area contributed by atoms with Gasteiger partial charge in [-0.05, 0) is 23.3 Å². The van der Waals surface area contributed by atoms with Gasteiger partial charge >= 0.3 is 0 Å². The largest absolute Gasteiger partial charge is 0.387 e. The Hall–Kier alpha value is -2.43. The van der Waals surface area contributed by atoms with Crippen molar-refractivity contribution in [2.75, 3.05) is 0 Å². The quantitative estimate of drug-likeness (QED) is 0.767. The third-order valence-corrected chi connectivity index (χ3v) is 6.09. The molecule has 24 heavy (non-hydrogen) atoms. The maximum Gasteiger partial charge on any atom is 0.188 e. The van der Waals surface area contributed by atoms with Crippen LogP contribution < -0.4 is 0 Å². The molecule has 4 heteroatoms. The van der Waals surface area contributed by atoms with Crippen molar-refractivity contribution in [1.29, 1.82) is 0 Å². The van der Waals surface area contributed by atoms with Crippen molar-refractivity contribution >= 4 is 9.84 Å². The monoisotopic (exact) mass is 338 g/mol. The van der Waals surface area contributed by atoms with Crippen LogP contribution in [0.3, 0.4) is 0 Å². The summed E-state index contributed by atoms with van der Waals surface area (Å²) in [4.78, 5) is 0.203. The minimum Gasteiger partial charge on any atom is -0.387 e. The Bertz CT molecular complexity index is 876. The fourth-order valence-corrected chi connectivity index (χ4v) is 4.60. The number of sulfone groups is 1. The highest BCUT2D eigenvalue weighted by molar-refractivity contribution is 7.91. The fourth-order valence-electron chi connectivity index (χ4n) is 2.76. The second-order valence-corrected chi connectivity index (χ2v) is 7.61. The molecule has 0 heterocycles. The molecule has 3 aromatic rings. The van der Waals surface area contributed by atoms with Gasteiger partial charge in [0.1, 0.15) is 11.4 Å². The van der Waals surface area contributed by atoms with E-state index in [0.29, 0.717) is 11.1 Å². The van der Waals surface area contributed by atoms with Crippen molar-refractivity contribution in [1.82, 2.24) is 0 Å². The number of aliphatic hydroxyl groups is 1. The van der Waals surface area contributed by atoms with Crippen LogP contribution in [0.15, 0.2) is 95.9 Å². The summed E-state index contributed by atoms with van der Waals surface area (Å²) in [6, 6.07) is 26.0. The standard InChI is InChI=1S/C20H18O3S/c21-19(16-10-4-1-5-11-16)20(17-12-6-2-7-13-17)24(22,23)18-14-8-3-9-15-18/h1-15,19-21H/t19-,20+/m1/s1. The van der Waals surface area contributed by atoms with Crippen molar-refractivity contribution in [2.45, 2.75) is 16.2 Å². The summed E-state index contributed by atoms with van der Waals surface area (Å²) in [5, 5.41) is 9.79. The van der Waals surface area contributed by atoms with Crippen molar-refractivity contribution in [2.24, 2.45) is 0 Å². The first-order valence-corrected chi connectivity index (χ1v) is 9.22. The highest BCUT2D eigenvalue weighted by atomic mass is 32.2. The number of hydrogen-bond acceptors (Lipinski definition) is 3. The van der Waals surface area contributed by atoms with Crippen molar-refractivity contribution in [3.8, 4) is 0 Å². The molecule has 0 fully saturated rings. The second kappa shape index (κ2) is 6.99. The average molecular weight is 338 g/mol. The van der Waals surface area contributed by atoms with E-state index in [1.54, 1.807) is 78.9 Å². The van der Waals surface area contributed by atoms with Gasteiger partial charge in [-0.2, -0.15) is 0 Å². The van der Waals surface area contributed by atoms with E-state index in [2.05, 4.69) is 0 Å². The van der Waals surface area contributed by atoms with E-state index in [9.17, 15) is 13.5 Å². The van der Waals surface area contributed by atoms with Crippen molar-refractivity contribution in [3.63, 3.8) is 0 Å². The first-order valence-electron chi connectivity index (χ1n) is 7.67. The van der Waals surface area contributed by atoms with Gasteiger partial charge in [0.25, 0.3) is 0 Å². The maximum atomic E-state index is 13.2. The van der Waals surface area contributed by atoms with Crippen molar-refractivity contribution in [3.05, 3.63) is 102 Å². The predicted octanol–water partition coefficient (Wildman–Crippen LogP) is 3.94. The first-order chi connectivity index (χ1) is 11.6. The lowest BCUT2D eigenvalue weighted by atomic mass is 10.0. The zero-order valence-electron chi connectivity index (χ0n) is 13.0. The average Bonchev–Trinajstić information content (AvgIpc) is 2.64. The van der Waals surface area contributed by atoms with Gasteiger partial charge in [-0.1, -0.05) is 78.9 Å². The Balaban J connectivity index is 2.13. The van der Waals surface area contributed by atoms with Gasteiger partial charge in [0, 0.05) is 0 Å². The number of rotatable bonds is 5. The highest BCUT2D eigenvalue weighted by Gasteiger charge is 2.35. The number of hydrogen-bond donors (Lipinski definition) is 1. The van der Waals surface area contributed by atoms with Crippen LogP contribution in [0.2, 0.25) is 0 Å². The molecule has 0 unspecified atom stereocenters. The van der Waals surface area contributed by atoms with Gasteiger partial charge in [-0.3, -0.25) is 0 Å². The SMILES string of the molecule is O=S(=O)(c1ccccc1)[C@@H](c1ccccc1)[C@H](O)c1ccccc1. The van der Waals surface area contributed by atoms with E-state index < -0.39 is 21.2 Å². The van der Waals surface area contributed by atoms with Crippen LogP contribution in [-0.4, -0.2) is 13.5 Å². The van der Waals surface area contributed by atoms with Crippen molar-refractivity contribution < 1.29 is 13.5 Å². The molecule has 0 amide bonds. The lowest BCUT2D eigenvalue weighted by Crippen LogP contribution is -2.21. The van der Waals surface area contributed by atoms with Crippen LogP contribution in [0.25, 0.3) is 0 Å². The summed E-state index contributed by atoms with van der Waals surface area (Å²) >= 11 is 0. The molecular weight excluding hydrogens is 320 g/mol. The molecule has 0 saturated heterocycles. The molecule has 0 bridgehead atoms. The van der Waals surface area contributed by atoms with E-state index >= 15 is 0 Å². The summed E-state index contributed by atoms with van der Waals surface area (Å²) in [6.07, 6.45) is -1.15. The van der Waals surface area contributed by atoms with E-state index in [4.69, 9.17) is 0 Å². The molecule has 3 rings (SSSR count). The topological polar surface area (TPSA) is 54.4 Å². The second-order valence-electron chi connectivity index (χ2n) is 5.54. The highest BCUT2D eigenvalue weighted by Crippen LogP contribution is 2.39. The molecule has 0 saturated carbocycles. The molecule has 2 atom stereocenters. The first kappa shape index (κ1) is 16.4. The van der Waals surface area contributed by atoms with Gasteiger partial charge in [0.15, 0.2) is 9.84 Å². The van der Waals surface area contributed by atoms with Crippen LogP contribution in [0.4, 0.5) is 0 Å². The van der Waals surface area contributed by atoms with Crippen LogP contribution in [0, 0.1) is 0 Å². The summed E-state index contributed by atoms with van der Waals surface area (Å²) in [5.41, 5.74) is 1.14. The van der Waals surface area contributed by atoms with E-state index in [1.807, 2.05) is 12.1 Å². The van der Waals surface area contributed by atoms with Gasteiger partial charge in [0.05, 0.1) is 4.90 Å². The molecule has 122 valence electrons. The van der Waals surface area contributed by atoms with E-state index in [0.717, 1.165) is 0 Å². The summed E-state index contributed by atoms with van der Waals surface area (Å²) in [6.45, 7) is 0. The summed E-state index contributed by atoms with van der Waals surface area (Å²) < 4.78 is 26.4. The Morgan fingerprint density at radius 1 is 0.625 bits per heavy atom. The Kier molecular flexibility index (Phi) is 4.79. The predicted molar refractivity (Wildman–Crippen MR) is 94.2 cm³/mol. The van der Waals surface area contributed by atoms with Gasteiger partial charge in [-0.25, -0.2) is 8.42 Å². The third kappa shape index (κ3) is 3.25. The fraction of sp³-hybridized carbons (Fsp3) is 0.100. The number of aliphatic hydroxyl groups excluding tert-OH is 1. The Labute approximate surface area is 142 Å². The molecule has 0 aliphatic carbocycles. The maximum absolute atomic E-state index is 13.2. The molecule has 3 nitrogen and oxygen atoms in total. The Morgan fingerprint density at radius 2 is 1.04 bits per heavy atom. The third-order valence-electron chi connectivity index (χ3n) is 3.96. The van der Waals surface area contributed by atoms with Crippen LogP contribution in [0.1, 0.15) is 22.5 Å². The minimum absolute atomic E-state index is 0.203. The Morgan fingerprint density at radius 3 is 1.54 bits per heavy atom. The lowest BCUT2D eigenvalue weighted by Gasteiger charge is -2.24. The normalized spacial score (nSPS) is 14.0. The lowest BCUT2D eigenvalue weighted by molar-refractivity contribution is 0.171. The molecule has 0 aliphatic rings. The minimum atomic E-state index is -3.75. The van der Waals surface area contributed by atoms with Crippen LogP contribution in [-0.2, 0) is 9.84 Å². The zero-order chi connectivity index (χ0) is 17.0. The van der Waals surface area contributed by atoms with Crippen LogP contribution >= 0.6 is 0 Å². The van der Waals surface area contributed by atoms with Crippen LogP contribution in [0.5, 0.6) is 0 Å². The molecule has 0 radical (unpaired) electrons. The molecule has 1 N–H and O–H groups in total. The van der Waals surface area contributed by atoms with Gasteiger partial charge in [-0.15, -0.1) is 0 Å². The summed E-state index contributed by atoms with van der Waals surface area (Å²) in [7, 11) is -3.75. The molecule has 0 aromatic heterocycles. The van der Waals surface area contributed by atoms with E-state index in [-0.39, 0.29) is 4.90 Å². The van der Waals surface area contributed by atoms with E-state index in [1.165, 1.54) is 0 Å². The molecular formula is C20H18O3S. The zero-order valence-corrected chi connectivity index (χ0v) is 13.8. The molecule has 0 spiro atoms.